The number of carbonyl (C=O) groups excluding carboxylic acids is 3. The molecule has 142 valence electrons. The van der Waals surface area contributed by atoms with Crippen LogP contribution >= 0.6 is 0 Å². The van der Waals surface area contributed by atoms with Gasteiger partial charge in [-0.25, -0.2) is 4.79 Å². The molecule has 1 aliphatic heterocycles. The van der Waals surface area contributed by atoms with Crippen molar-refractivity contribution in [2.75, 3.05) is 19.6 Å². The Bertz CT molecular complexity index is 702. The normalized spacial score (nSPS) is 20.3. The molecule has 6 nitrogen and oxygen atoms in total. The van der Waals surface area contributed by atoms with Gasteiger partial charge in [-0.3, -0.25) is 14.5 Å². The number of carbonyl (C=O) groups is 3. The van der Waals surface area contributed by atoms with E-state index < -0.39 is 17.5 Å². The summed E-state index contributed by atoms with van der Waals surface area (Å²) >= 11 is 0. The molecule has 2 rings (SSSR count). The first-order valence-corrected chi connectivity index (χ1v) is 9.07. The van der Waals surface area contributed by atoms with Gasteiger partial charge < -0.3 is 10.2 Å². The number of nitrogens with one attached hydrogen (secondary N) is 1. The summed E-state index contributed by atoms with van der Waals surface area (Å²) in [5.41, 5.74) is 0.707. The number of imide groups is 1. The first kappa shape index (κ1) is 19.9. The predicted molar refractivity (Wildman–Crippen MR) is 101 cm³/mol. The maximum Gasteiger partial charge on any atom is 0.325 e. The molecule has 4 amide bonds. The van der Waals surface area contributed by atoms with Gasteiger partial charge in [-0.1, -0.05) is 45.0 Å². The molecular weight excluding hydrogens is 330 g/mol. The second kappa shape index (κ2) is 7.09. The van der Waals surface area contributed by atoms with E-state index in [2.05, 4.69) is 26.1 Å². The molecule has 0 saturated carbocycles. The Hall–Kier alpha value is -2.37. The van der Waals surface area contributed by atoms with Gasteiger partial charge in [0.25, 0.3) is 5.91 Å². The van der Waals surface area contributed by atoms with Crippen molar-refractivity contribution in [3.8, 4) is 0 Å². The van der Waals surface area contributed by atoms with E-state index in [4.69, 9.17) is 0 Å². The Morgan fingerprint density at radius 3 is 2.12 bits per heavy atom. The summed E-state index contributed by atoms with van der Waals surface area (Å²) in [6.07, 6.45) is 0. The fraction of sp³-hybridized carbons (Fsp3) is 0.550. The first-order valence-electron chi connectivity index (χ1n) is 9.07. The van der Waals surface area contributed by atoms with Crippen molar-refractivity contribution in [2.24, 2.45) is 0 Å². The van der Waals surface area contributed by atoms with E-state index >= 15 is 0 Å². The van der Waals surface area contributed by atoms with Crippen molar-refractivity contribution in [1.29, 1.82) is 0 Å². The van der Waals surface area contributed by atoms with Gasteiger partial charge >= 0.3 is 6.03 Å². The third kappa shape index (κ3) is 3.59. The fourth-order valence-electron chi connectivity index (χ4n) is 3.15. The highest BCUT2D eigenvalue weighted by Gasteiger charge is 2.49. The van der Waals surface area contributed by atoms with E-state index in [-0.39, 0.29) is 17.9 Å². The van der Waals surface area contributed by atoms with Crippen LogP contribution in [0.1, 0.15) is 52.7 Å². The summed E-state index contributed by atoms with van der Waals surface area (Å²) < 4.78 is 0. The molecule has 0 bridgehead atoms. The van der Waals surface area contributed by atoms with Crippen LogP contribution in [0.5, 0.6) is 0 Å². The standard InChI is InChI=1S/C20H29N3O3/c1-7-22(8-2)16(24)13-23-17(25)20(6,21-18(23)26)15-11-9-14(10-12-15)19(3,4)5/h9-12H,7-8,13H2,1-6H3,(H,21,26)/t20-/m0/s1. The number of benzene rings is 1. The molecule has 6 heteroatoms. The lowest BCUT2D eigenvalue weighted by Crippen LogP contribution is -2.44. The summed E-state index contributed by atoms with van der Waals surface area (Å²) in [6, 6.07) is 7.16. The summed E-state index contributed by atoms with van der Waals surface area (Å²) in [5.74, 6) is -0.627. The largest absolute Gasteiger partial charge is 0.342 e. The predicted octanol–water partition coefficient (Wildman–Crippen LogP) is 2.62. The van der Waals surface area contributed by atoms with Crippen LogP contribution in [-0.4, -0.2) is 47.3 Å². The average Bonchev–Trinajstić information content (AvgIpc) is 2.79. The average molecular weight is 359 g/mol. The van der Waals surface area contributed by atoms with Gasteiger partial charge in [-0.05, 0) is 37.3 Å². The quantitative estimate of drug-likeness (QED) is 0.822. The molecule has 1 aromatic rings. The minimum absolute atomic E-state index is 0.00455. The maximum absolute atomic E-state index is 12.9. The van der Waals surface area contributed by atoms with E-state index in [1.54, 1.807) is 11.8 Å². The van der Waals surface area contributed by atoms with E-state index in [0.29, 0.717) is 18.7 Å². The Morgan fingerprint density at radius 1 is 1.12 bits per heavy atom. The lowest BCUT2D eigenvalue weighted by Gasteiger charge is -2.25. The number of hydrogen-bond donors (Lipinski definition) is 1. The second-order valence-electron chi connectivity index (χ2n) is 7.84. The van der Waals surface area contributed by atoms with E-state index in [1.165, 1.54) is 0 Å². The lowest BCUT2D eigenvalue weighted by atomic mass is 9.84. The Balaban J connectivity index is 2.24. The molecule has 1 atom stereocenters. The van der Waals surface area contributed by atoms with E-state index in [0.717, 1.165) is 10.5 Å². The first-order chi connectivity index (χ1) is 12.0. The van der Waals surface area contributed by atoms with Crippen LogP contribution in [-0.2, 0) is 20.5 Å². The van der Waals surface area contributed by atoms with Crippen LogP contribution in [0.2, 0.25) is 0 Å². The molecule has 0 spiro atoms. The highest BCUT2D eigenvalue weighted by molar-refractivity contribution is 6.09. The van der Waals surface area contributed by atoms with Gasteiger partial charge in [0.15, 0.2) is 0 Å². The molecule has 0 aromatic heterocycles. The highest BCUT2D eigenvalue weighted by Crippen LogP contribution is 2.31. The molecule has 1 fully saturated rings. The number of rotatable bonds is 5. The monoisotopic (exact) mass is 359 g/mol. The van der Waals surface area contributed by atoms with Gasteiger partial charge in [0.2, 0.25) is 5.91 Å². The van der Waals surface area contributed by atoms with Crippen molar-refractivity contribution >= 4 is 17.8 Å². The summed E-state index contributed by atoms with van der Waals surface area (Å²) in [7, 11) is 0. The number of urea groups is 1. The van der Waals surface area contributed by atoms with Gasteiger partial charge in [-0.15, -0.1) is 0 Å². The topological polar surface area (TPSA) is 69.7 Å². The summed E-state index contributed by atoms with van der Waals surface area (Å²) in [5, 5.41) is 2.75. The summed E-state index contributed by atoms with van der Waals surface area (Å²) in [4.78, 5) is 40.2. The number of nitrogens with zero attached hydrogens (tertiary/aromatic N) is 2. The smallest absolute Gasteiger partial charge is 0.325 e. The van der Waals surface area contributed by atoms with Crippen LogP contribution in [0.25, 0.3) is 0 Å². The lowest BCUT2D eigenvalue weighted by molar-refractivity contribution is -0.138. The van der Waals surface area contributed by atoms with Crippen molar-refractivity contribution in [3.63, 3.8) is 0 Å². The third-order valence-corrected chi connectivity index (χ3v) is 5.01. The number of hydrogen-bond acceptors (Lipinski definition) is 3. The zero-order valence-electron chi connectivity index (χ0n) is 16.5. The molecule has 0 radical (unpaired) electrons. The Labute approximate surface area is 155 Å². The fourth-order valence-corrected chi connectivity index (χ4v) is 3.15. The van der Waals surface area contributed by atoms with Crippen LogP contribution in [0.4, 0.5) is 4.79 Å². The molecular formula is C20H29N3O3. The van der Waals surface area contributed by atoms with Gasteiger partial charge in [0.1, 0.15) is 12.1 Å². The number of likely N-dealkylation sites (N-methyl/N-ethyl adjacent to an activating group) is 1. The van der Waals surface area contributed by atoms with E-state index in [1.807, 2.05) is 38.1 Å². The van der Waals surface area contributed by atoms with Crippen molar-refractivity contribution in [2.45, 2.75) is 52.5 Å². The molecule has 1 aliphatic rings. The van der Waals surface area contributed by atoms with Crippen molar-refractivity contribution in [1.82, 2.24) is 15.1 Å². The molecule has 1 N–H and O–H groups in total. The molecule has 0 unspecified atom stereocenters. The maximum atomic E-state index is 12.9. The molecule has 1 heterocycles. The van der Waals surface area contributed by atoms with Crippen LogP contribution in [0.15, 0.2) is 24.3 Å². The van der Waals surface area contributed by atoms with Gasteiger partial charge in [-0.2, -0.15) is 0 Å². The SMILES string of the molecule is CCN(CC)C(=O)CN1C(=O)N[C@@](C)(c2ccc(C(C)(C)C)cc2)C1=O. The zero-order chi connectivity index (χ0) is 19.7. The Morgan fingerprint density at radius 2 is 1.65 bits per heavy atom. The molecule has 26 heavy (non-hydrogen) atoms. The third-order valence-electron chi connectivity index (χ3n) is 5.01. The minimum Gasteiger partial charge on any atom is -0.342 e. The van der Waals surface area contributed by atoms with Crippen molar-refractivity contribution in [3.05, 3.63) is 35.4 Å². The molecule has 1 saturated heterocycles. The van der Waals surface area contributed by atoms with Crippen LogP contribution in [0.3, 0.4) is 0 Å². The summed E-state index contributed by atoms with van der Waals surface area (Å²) in [6.45, 7) is 12.6. The van der Waals surface area contributed by atoms with E-state index in [9.17, 15) is 14.4 Å². The minimum atomic E-state index is -1.16. The highest BCUT2D eigenvalue weighted by atomic mass is 16.2. The molecule has 0 aliphatic carbocycles. The zero-order valence-corrected chi connectivity index (χ0v) is 16.5. The van der Waals surface area contributed by atoms with Crippen molar-refractivity contribution < 1.29 is 14.4 Å². The van der Waals surface area contributed by atoms with Crippen LogP contribution in [0, 0.1) is 0 Å². The Kier molecular flexibility index (Phi) is 5.44. The van der Waals surface area contributed by atoms with Crippen LogP contribution < -0.4 is 5.32 Å². The second-order valence-corrected chi connectivity index (χ2v) is 7.84. The van der Waals surface area contributed by atoms with Gasteiger partial charge in [0, 0.05) is 13.1 Å². The van der Waals surface area contributed by atoms with Gasteiger partial charge in [0.05, 0.1) is 0 Å². The number of amides is 4. The molecule has 1 aromatic carbocycles.